The molecule has 0 atom stereocenters. The number of hydrogen-bond acceptors (Lipinski definition) is 7. The Bertz CT molecular complexity index is 829. The molecule has 0 aliphatic carbocycles. The number of nitrogens with one attached hydrogen (secondary N) is 2. The minimum Gasteiger partial charge on any atom is -0.493 e. The molecule has 156 valence electrons. The van der Waals surface area contributed by atoms with Crippen molar-refractivity contribution in [3.63, 3.8) is 0 Å². The normalized spacial score (nSPS) is 9.93. The van der Waals surface area contributed by atoms with Gasteiger partial charge in [0.15, 0.2) is 18.1 Å². The van der Waals surface area contributed by atoms with Gasteiger partial charge in [0.1, 0.15) is 5.75 Å². The second-order valence-electron chi connectivity index (χ2n) is 5.62. The minimum atomic E-state index is -0.565. The lowest BCUT2D eigenvalue weighted by atomic mass is 10.2. The Morgan fingerprint density at radius 3 is 2.17 bits per heavy atom. The Morgan fingerprint density at radius 2 is 1.59 bits per heavy atom. The topological polar surface area (TPSA) is 104 Å². The van der Waals surface area contributed by atoms with Gasteiger partial charge >= 0.3 is 6.09 Å². The molecule has 0 saturated carbocycles. The first-order valence-electron chi connectivity index (χ1n) is 8.77. The summed E-state index contributed by atoms with van der Waals surface area (Å²) in [6.07, 6.45) is -0.565. The molecule has 0 bridgehead atoms. The van der Waals surface area contributed by atoms with E-state index in [9.17, 15) is 9.59 Å². The summed E-state index contributed by atoms with van der Waals surface area (Å²) in [7, 11) is 4.48. The zero-order chi connectivity index (χ0) is 21.2. The molecule has 0 fully saturated rings. The van der Waals surface area contributed by atoms with Crippen LogP contribution in [0.1, 0.15) is 6.92 Å². The summed E-state index contributed by atoms with van der Waals surface area (Å²) in [6.45, 7) is 1.74. The SMILES string of the molecule is CCOC(=O)Nc1cccc(OCC(=O)Nc2cc(OC)c(OC)c(OC)c2)c1. The second kappa shape index (κ2) is 10.6. The van der Waals surface area contributed by atoms with Crippen molar-refractivity contribution in [3.8, 4) is 23.0 Å². The molecule has 2 rings (SSSR count). The Kier molecular flexibility index (Phi) is 7.96. The van der Waals surface area contributed by atoms with E-state index >= 15 is 0 Å². The van der Waals surface area contributed by atoms with Crippen molar-refractivity contribution in [2.24, 2.45) is 0 Å². The van der Waals surface area contributed by atoms with Crippen LogP contribution in [0.4, 0.5) is 16.2 Å². The van der Waals surface area contributed by atoms with Gasteiger partial charge in [0.25, 0.3) is 5.91 Å². The van der Waals surface area contributed by atoms with Crippen LogP contribution in [0.3, 0.4) is 0 Å². The molecule has 2 N–H and O–H groups in total. The minimum absolute atomic E-state index is 0.237. The van der Waals surface area contributed by atoms with Crippen molar-refractivity contribution in [2.45, 2.75) is 6.92 Å². The summed E-state index contributed by atoms with van der Waals surface area (Å²) in [5, 5.41) is 5.27. The maximum absolute atomic E-state index is 12.2. The molecular weight excluding hydrogens is 380 g/mol. The fraction of sp³-hybridized carbons (Fsp3) is 0.300. The number of hydrogen-bond donors (Lipinski definition) is 2. The van der Waals surface area contributed by atoms with Crippen LogP contribution in [0.5, 0.6) is 23.0 Å². The Morgan fingerprint density at radius 1 is 0.897 bits per heavy atom. The van der Waals surface area contributed by atoms with Gasteiger partial charge in [-0.2, -0.15) is 0 Å². The van der Waals surface area contributed by atoms with E-state index in [2.05, 4.69) is 10.6 Å². The Hall–Kier alpha value is -3.62. The van der Waals surface area contributed by atoms with E-state index < -0.39 is 6.09 Å². The monoisotopic (exact) mass is 404 g/mol. The maximum atomic E-state index is 12.2. The van der Waals surface area contributed by atoms with Crippen LogP contribution in [0.25, 0.3) is 0 Å². The summed E-state index contributed by atoms with van der Waals surface area (Å²) < 4.78 is 26.1. The first-order valence-corrected chi connectivity index (χ1v) is 8.77. The highest BCUT2D eigenvalue weighted by molar-refractivity contribution is 5.92. The highest BCUT2D eigenvalue weighted by Crippen LogP contribution is 2.39. The van der Waals surface area contributed by atoms with Gasteiger partial charge in [-0.15, -0.1) is 0 Å². The van der Waals surface area contributed by atoms with Gasteiger partial charge in [0, 0.05) is 29.6 Å². The molecule has 9 heteroatoms. The van der Waals surface area contributed by atoms with E-state index in [1.165, 1.54) is 21.3 Å². The molecule has 0 aliphatic rings. The molecule has 2 aromatic rings. The number of carbonyl (C=O) groups excluding carboxylic acids is 2. The van der Waals surface area contributed by atoms with Crippen LogP contribution in [0.2, 0.25) is 0 Å². The number of anilines is 2. The third-order valence-corrected chi connectivity index (χ3v) is 3.67. The molecule has 2 amide bonds. The number of rotatable bonds is 9. The summed E-state index contributed by atoms with van der Waals surface area (Å²) in [6, 6.07) is 9.85. The Balaban J connectivity index is 1.99. The van der Waals surface area contributed by atoms with Gasteiger partial charge < -0.3 is 29.0 Å². The highest BCUT2D eigenvalue weighted by Gasteiger charge is 2.15. The van der Waals surface area contributed by atoms with E-state index in [0.717, 1.165) is 0 Å². The lowest BCUT2D eigenvalue weighted by molar-refractivity contribution is -0.118. The lowest BCUT2D eigenvalue weighted by Gasteiger charge is -2.15. The Labute approximate surface area is 168 Å². The molecule has 0 saturated heterocycles. The van der Waals surface area contributed by atoms with Crippen molar-refractivity contribution in [1.82, 2.24) is 0 Å². The fourth-order valence-corrected chi connectivity index (χ4v) is 2.45. The van der Waals surface area contributed by atoms with Crippen molar-refractivity contribution in [2.75, 3.05) is 45.2 Å². The molecule has 0 aromatic heterocycles. The van der Waals surface area contributed by atoms with Crippen LogP contribution in [0, 0.1) is 0 Å². The van der Waals surface area contributed by atoms with Crippen LogP contribution >= 0.6 is 0 Å². The van der Waals surface area contributed by atoms with E-state index in [1.54, 1.807) is 43.3 Å². The molecule has 0 spiro atoms. The van der Waals surface area contributed by atoms with Gasteiger partial charge in [0.2, 0.25) is 5.75 Å². The number of methoxy groups -OCH3 is 3. The predicted octanol–water partition coefficient (Wildman–Crippen LogP) is 3.30. The summed E-state index contributed by atoms with van der Waals surface area (Å²) in [4.78, 5) is 23.7. The zero-order valence-corrected chi connectivity index (χ0v) is 16.7. The fourth-order valence-electron chi connectivity index (χ4n) is 2.45. The van der Waals surface area contributed by atoms with Gasteiger partial charge in [-0.1, -0.05) is 6.07 Å². The zero-order valence-electron chi connectivity index (χ0n) is 16.7. The number of carbonyl (C=O) groups is 2. The van der Waals surface area contributed by atoms with Gasteiger partial charge in [-0.3, -0.25) is 10.1 Å². The van der Waals surface area contributed by atoms with Crippen LogP contribution in [-0.4, -0.2) is 46.5 Å². The van der Waals surface area contributed by atoms with Crippen molar-refractivity contribution in [1.29, 1.82) is 0 Å². The molecular formula is C20H24N2O7. The van der Waals surface area contributed by atoms with E-state index in [4.69, 9.17) is 23.7 Å². The first-order chi connectivity index (χ1) is 14.0. The number of ether oxygens (including phenoxy) is 5. The smallest absolute Gasteiger partial charge is 0.411 e. The third-order valence-electron chi connectivity index (χ3n) is 3.67. The van der Waals surface area contributed by atoms with Gasteiger partial charge in [0.05, 0.1) is 27.9 Å². The molecule has 0 radical (unpaired) electrons. The average Bonchev–Trinajstić information content (AvgIpc) is 2.71. The molecule has 2 aromatic carbocycles. The first kappa shape index (κ1) is 21.7. The maximum Gasteiger partial charge on any atom is 0.411 e. The standard InChI is InChI=1S/C20H24N2O7/c1-5-28-20(24)22-13-7-6-8-15(9-13)29-12-18(23)21-14-10-16(25-2)19(27-4)17(11-14)26-3/h6-11H,5,12H2,1-4H3,(H,21,23)(H,22,24). The lowest BCUT2D eigenvalue weighted by Crippen LogP contribution is -2.20. The number of benzene rings is 2. The van der Waals surface area contributed by atoms with Gasteiger partial charge in [-0.05, 0) is 19.1 Å². The van der Waals surface area contributed by atoms with Crippen molar-refractivity contribution in [3.05, 3.63) is 36.4 Å². The third kappa shape index (κ3) is 6.20. The van der Waals surface area contributed by atoms with Crippen molar-refractivity contribution >= 4 is 23.4 Å². The predicted molar refractivity (Wildman–Crippen MR) is 107 cm³/mol. The summed E-state index contributed by atoms with van der Waals surface area (Å²) in [5.74, 6) is 1.29. The largest absolute Gasteiger partial charge is 0.493 e. The van der Waals surface area contributed by atoms with E-state index in [0.29, 0.717) is 34.4 Å². The van der Waals surface area contributed by atoms with Crippen LogP contribution < -0.4 is 29.6 Å². The van der Waals surface area contributed by atoms with E-state index in [1.807, 2.05) is 0 Å². The molecule has 0 heterocycles. The number of amides is 2. The quantitative estimate of drug-likeness (QED) is 0.661. The molecule has 0 unspecified atom stereocenters. The van der Waals surface area contributed by atoms with Gasteiger partial charge in [-0.25, -0.2) is 4.79 Å². The average molecular weight is 404 g/mol. The summed E-state index contributed by atoms with van der Waals surface area (Å²) >= 11 is 0. The van der Waals surface area contributed by atoms with Crippen LogP contribution in [0.15, 0.2) is 36.4 Å². The highest BCUT2D eigenvalue weighted by atomic mass is 16.5. The second-order valence-corrected chi connectivity index (χ2v) is 5.62. The molecule has 29 heavy (non-hydrogen) atoms. The van der Waals surface area contributed by atoms with Crippen molar-refractivity contribution < 1.29 is 33.3 Å². The summed E-state index contributed by atoms with van der Waals surface area (Å²) in [5.41, 5.74) is 0.955. The molecule has 0 aliphatic heterocycles. The van der Waals surface area contributed by atoms with E-state index in [-0.39, 0.29) is 19.1 Å². The molecule has 9 nitrogen and oxygen atoms in total. The van der Waals surface area contributed by atoms with Crippen LogP contribution in [-0.2, 0) is 9.53 Å².